The molecule has 0 unspecified atom stereocenters. The molecule has 0 radical (unpaired) electrons. The number of carbonyl (C=O) groups is 4. The van der Waals surface area contributed by atoms with E-state index in [1.807, 2.05) is 0 Å². The van der Waals surface area contributed by atoms with Gasteiger partial charge in [-0.05, 0) is 53.1 Å². The Hall–Kier alpha value is -5.50. The predicted octanol–water partition coefficient (Wildman–Crippen LogP) is 0.222. The van der Waals surface area contributed by atoms with Gasteiger partial charge in [-0.3, -0.25) is 24.4 Å². The molecule has 0 aliphatic rings. The molecule has 0 saturated heterocycles. The third-order valence-electron chi connectivity index (χ3n) is 6.41. The summed E-state index contributed by atoms with van der Waals surface area (Å²) < 4.78 is 0. The van der Waals surface area contributed by atoms with Gasteiger partial charge in [0.05, 0.1) is 0 Å². The predicted molar refractivity (Wildman–Crippen MR) is 150 cm³/mol. The molecule has 0 fully saturated rings. The lowest BCUT2D eigenvalue weighted by Gasteiger charge is -2.25. The highest BCUT2D eigenvalue weighted by atomic mass is 16.5. The van der Waals surface area contributed by atoms with Crippen LogP contribution in [0, 0.1) is 0 Å². The number of benzene rings is 3. The van der Waals surface area contributed by atoms with Crippen molar-refractivity contribution < 1.29 is 49.9 Å². The molecule has 0 aliphatic carbocycles. The molecule has 14 nitrogen and oxygen atoms in total. The molecule has 3 aromatic rings. The van der Waals surface area contributed by atoms with Gasteiger partial charge < -0.3 is 41.5 Å². The number of hydroxylamine groups is 1. The third-order valence-corrected chi connectivity index (χ3v) is 6.41. The monoisotopic (exact) mass is 596 g/mol. The van der Waals surface area contributed by atoms with Crippen LogP contribution in [0.25, 0.3) is 0 Å². The van der Waals surface area contributed by atoms with Crippen LogP contribution in [0.2, 0.25) is 0 Å². The molecule has 3 rings (SSSR count). The highest BCUT2D eigenvalue weighted by molar-refractivity contribution is 5.94. The van der Waals surface area contributed by atoms with E-state index in [0.29, 0.717) is 16.7 Å². The third kappa shape index (κ3) is 9.26. The Balaban J connectivity index is 1.89. The van der Waals surface area contributed by atoms with Gasteiger partial charge in [0.1, 0.15) is 23.9 Å². The van der Waals surface area contributed by atoms with E-state index in [-0.39, 0.29) is 30.8 Å². The fourth-order valence-corrected chi connectivity index (χ4v) is 4.23. The van der Waals surface area contributed by atoms with Crippen molar-refractivity contribution in [2.24, 2.45) is 0 Å². The molecule has 0 spiro atoms. The van der Waals surface area contributed by atoms with Gasteiger partial charge in [0.15, 0.2) is 23.0 Å². The molecule has 3 atom stereocenters. The average molecular weight is 597 g/mol. The number of hydrogen-bond acceptors (Lipinski definition) is 10. The van der Waals surface area contributed by atoms with Gasteiger partial charge in [0, 0.05) is 26.2 Å². The van der Waals surface area contributed by atoms with Gasteiger partial charge in [0.25, 0.3) is 5.91 Å². The zero-order chi connectivity index (χ0) is 31.7. The van der Waals surface area contributed by atoms with Crippen LogP contribution in [-0.2, 0) is 38.4 Å². The first-order valence-electron chi connectivity index (χ1n) is 13.0. The Kier molecular flexibility index (Phi) is 10.7. The second-order valence-corrected chi connectivity index (χ2v) is 9.78. The van der Waals surface area contributed by atoms with E-state index < -0.39 is 59.0 Å². The molecule has 228 valence electrons. The zero-order valence-electron chi connectivity index (χ0n) is 22.9. The van der Waals surface area contributed by atoms with E-state index in [9.17, 15) is 49.9 Å². The van der Waals surface area contributed by atoms with Crippen molar-refractivity contribution >= 4 is 23.6 Å². The summed E-state index contributed by atoms with van der Waals surface area (Å²) in [7, 11) is 0. The van der Waals surface area contributed by atoms with Crippen LogP contribution < -0.4 is 21.4 Å². The minimum absolute atomic E-state index is 0.0212. The number of rotatable bonds is 12. The van der Waals surface area contributed by atoms with Crippen molar-refractivity contribution in [1.82, 2.24) is 21.4 Å². The largest absolute Gasteiger partial charge is 0.508 e. The first-order chi connectivity index (χ1) is 20.4. The van der Waals surface area contributed by atoms with E-state index in [4.69, 9.17) is 0 Å². The van der Waals surface area contributed by atoms with Crippen LogP contribution in [0.15, 0.2) is 60.7 Å². The topological polar surface area (TPSA) is 238 Å². The summed E-state index contributed by atoms with van der Waals surface area (Å²) in [4.78, 5) is 51.2. The zero-order valence-corrected chi connectivity index (χ0v) is 22.9. The molecule has 0 heterocycles. The van der Waals surface area contributed by atoms with Crippen molar-refractivity contribution in [3.05, 3.63) is 77.4 Å². The number of carbonyl (C=O) groups excluding carboxylic acids is 4. The van der Waals surface area contributed by atoms with E-state index in [1.54, 1.807) is 0 Å². The van der Waals surface area contributed by atoms with Crippen LogP contribution in [0.5, 0.6) is 28.7 Å². The number of aromatic hydroxyl groups is 5. The molecule has 14 heteroatoms. The van der Waals surface area contributed by atoms with E-state index in [0.717, 1.165) is 0 Å². The van der Waals surface area contributed by atoms with Crippen LogP contribution >= 0.6 is 0 Å². The number of nitrogens with one attached hydrogen (secondary N) is 4. The van der Waals surface area contributed by atoms with Crippen molar-refractivity contribution in [3.8, 4) is 28.7 Å². The summed E-state index contributed by atoms with van der Waals surface area (Å²) >= 11 is 0. The van der Waals surface area contributed by atoms with Crippen LogP contribution in [-0.4, -0.2) is 72.5 Å². The molecule has 10 N–H and O–H groups in total. The van der Waals surface area contributed by atoms with E-state index in [1.165, 1.54) is 73.1 Å². The second-order valence-electron chi connectivity index (χ2n) is 9.78. The number of hydrogen-bond donors (Lipinski definition) is 10. The quantitative estimate of drug-likeness (QED) is 0.0775. The maximum Gasteiger partial charge on any atom is 0.266 e. The summed E-state index contributed by atoms with van der Waals surface area (Å²) in [6, 6.07) is 9.45. The van der Waals surface area contributed by atoms with E-state index in [2.05, 4.69) is 16.0 Å². The smallest absolute Gasteiger partial charge is 0.266 e. The maximum atomic E-state index is 13.5. The fraction of sp³-hybridized carbons (Fsp3) is 0.241. The van der Waals surface area contributed by atoms with Gasteiger partial charge in [-0.15, -0.1) is 0 Å². The van der Waals surface area contributed by atoms with Crippen LogP contribution in [0.1, 0.15) is 23.6 Å². The molecule has 43 heavy (non-hydrogen) atoms. The van der Waals surface area contributed by atoms with Gasteiger partial charge in [0.2, 0.25) is 17.7 Å². The first-order valence-corrected chi connectivity index (χ1v) is 13.0. The molecular weight excluding hydrogens is 564 g/mol. The standard InChI is InChI=1S/C29H32N4O10/c1-15(34)30-20(11-17-4-8-23(36)25(38)13-17)27(40)31-21(12-18-5-9-24(37)26(39)14-18)28(41)32-22(29(42)33-43)10-16-2-6-19(35)7-3-16/h2-9,13-14,20-22,35-39,43H,10-12H2,1H3,(H,30,34)(H,31,40)(H,32,41)(H,33,42)/t20-,21-,22-/m0/s1. The minimum Gasteiger partial charge on any atom is -0.508 e. The SMILES string of the molecule is CC(=O)N[C@@H](Cc1ccc(O)c(O)c1)C(=O)N[C@@H](Cc1ccc(O)c(O)c1)C(=O)N[C@@H](Cc1ccc(O)cc1)C(=O)NO. The number of phenols is 5. The highest BCUT2D eigenvalue weighted by Crippen LogP contribution is 2.26. The van der Waals surface area contributed by atoms with Crippen molar-refractivity contribution in [1.29, 1.82) is 0 Å². The summed E-state index contributed by atoms with van der Waals surface area (Å²) in [5.41, 5.74) is 2.70. The summed E-state index contributed by atoms with van der Waals surface area (Å²) in [6.07, 6.45) is -0.465. The van der Waals surface area contributed by atoms with Crippen LogP contribution in [0.3, 0.4) is 0 Å². The molecule has 0 aliphatic heterocycles. The first kappa shape index (κ1) is 32.0. The Morgan fingerprint density at radius 2 is 0.953 bits per heavy atom. The van der Waals surface area contributed by atoms with Gasteiger partial charge >= 0.3 is 0 Å². The molecule has 4 amide bonds. The highest BCUT2D eigenvalue weighted by Gasteiger charge is 2.30. The second kappa shape index (κ2) is 14.4. The maximum absolute atomic E-state index is 13.5. The normalized spacial score (nSPS) is 12.8. The van der Waals surface area contributed by atoms with Crippen molar-refractivity contribution in [2.45, 2.75) is 44.3 Å². The van der Waals surface area contributed by atoms with Crippen molar-refractivity contribution in [3.63, 3.8) is 0 Å². The van der Waals surface area contributed by atoms with Gasteiger partial charge in [-0.2, -0.15) is 0 Å². The molecular formula is C29H32N4O10. The lowest BCUT2D eigenvalue weighted by molar-refractivity contribution is -0.136. The molecule has 3 aromatic carbocycles. The summed E-state index contributed by atoms with van der Waals surface area (Å²) in [6.45, 7) is 1.18. The van der Waals surface area contributed by atoms with Crippen molar-refractivity contribution in [2.75, 3.05) is 0 Å². The van der Waals surface area contributed by atoms with Gasteiger partial charge in [-0.1, -0.05) is 24.3 Å². The van der Waals surface area contributed by atoms with Crippen LogP contribution in [0.4, 0.5) is 0 Å². The lowest BCUT2D eigenvalue weighted by atomic mass is 10.0. The molecule has 0 bridgehead atoms. The minimum atomic E-state index is -1.39. The Labute approximate surface area is 245 Å². The summed E-state index contributed by atoms with van der Waals surface area (Å²) in [5.74, 6) is -4.94. The Bertz CT molecular complexity index is 1480. The molecule has 0 saturated carbocycles. The molecule has 0 aromatic heterocycles. The Morgan fingerprint density at radius 1 is 0.558 bits per heavy atom. The Morgan fingerprint density at radius 3 is 1.37 bits per heavy atom. The van der Waals surface area contributed by atoms with E-state index >= 15 is 0 Å². The number of phenolic OH excluding ortho intramolecular Hbond substituents is 5. The lowest BCUT2D eigenvalue weighted by Crippen LogP contribution is -2.57. The average Bonchev–Trinajstić information content (AvgIpc) is 2.96. The summed E-state index contributed by atoms with van der Waals surface area (Å²) in [5, 5.41) is 65.3. The fourth-order valence-electron chi connectivity index (χ4n) is 4.23. The number of amides is 4. The van der Waals surface area contributed by atoms with Gasteiger partial charge in [-0.25, -0.2) is 5.48 Å².